The van der Waals surface area contributed by atoms with Crippen molar-refractivity contribution in [1.29, 1.82) is 0 Å². The lowest BCUT2D eigenvalue weighted by atomic mass is 10.0. The Morgan fingerprint density at radius 1 is 1.36 bits per heavy atom. The van der Waals surface area contributed by atoms with Crippen LogP contribution in [0.3, 0.4) is 0 Å². The number of carbonyl (C=O) groups is 2. The van der Waals surface area contributed by atoms with E-state index in [4.69, 9.17) is 9.84 Å². The van der Waals surface area contributed by atoms with E-state index in [9.17, 15) is 19.7 Å². The maximum absolute atomic E-state index is 11.9. The molecule has 0 saturated carbocycles. The van der Waals surface area contributed by atoms with Gasteiger partial charge in [-0.05, 0) is 25.8 Å². The summed E-state index contributed by atoms with van der Waals surface area (Å²) in [6.07, 6.45) is 0.175. The van der Waals surface area contributed by atoms with E-state index in [-0.39, 0.29) is 18.7 Å². The predicted molar refractivity (Wildman–Crippen MR) is 77.5 cm³/mol. The second-order valence-electron chi connectivity index (χ2n) is 4.66. The highest BCUT2D eigenvalue weighted by Crippen LogP contribution is 2.14. The second kappa shape index (κ2) is 8.08. The Morgan fingerprint density at radius 3 is 2.41 bits per heavy atom. The molecule has 0 amide bonds. The molecule has 0 aromatic heterocycles. The first-order valence-corrected chi connectivity index (χ1v) is 6.74. The summed E-state index contributed by atoms with van der Waals surface area (Å²) in [6.45, 7) is 3.25. The number of carboxylic acids is 1. The van der Waals surface area contributed by atoms with Crippen molar-refractivity contribution in [2.45, 2.75) is 32.4 Å². The predicted octanol–water partition coefficient (Wildman–Crippen LogP) is 1.13. The van der Waals surface area contributed by atoms with Gasteiger partial charge in [-0.2, -0.15) is 0 Å². The van der Waals surface area contributed by atoms with Gasteiger partial charge < -0.3 is 9.84 Å². The first-order chi connectivity index (χ1) is 10.3. The standard InChI is InChI=1S/C14H18N2O6/c1-3-22-14(19)12(15-9(2)13(17)18)8-10-4-6-11(7-5-10)16(20)21/h4-7,9,12,15H,3,8H2,1-2H3,(H,17,18)/t9-,12-/m0/s1. The minimum atomic E-state index is -1.09. The minimum Gasteiger partial charge on any atom is -0.480 e. The van der Waals surface area contributed by atoms with Gasteiger partial charge in [-0.1, -0.05) is 12.1 Å². The molecule has 0 heterocycles. The fraction of sp³-hybridized carbons (Fsp3) is 0.429. The topological polar surface area (TPSA) is 119 Å². The Bertz CT molecular complexity index is 543. The molecule has 0 spiro atoms. The van der Waals surface area contributed by atoms with Crippen LogP contribution >= 0.6 is 0 Å². The van der Waals surface area contributed by atoms with Gasteiger partial charge in [0.25, 0.3) is 5.69 Å². The number of nitro benzene ring substituents is 1. The number of carbonyl (C=O) groups excluding carboxylic acids is 1. The summed E-state index contributed by atoms with van der Waals surface area (Å²) in [5, 5.41) is 22.2. The zero-order valence-corrected chi connectivity index (χ0v) is 12.3. The zero-order chi connectivity index (χ0) is 16.7. The van der Waals surface area contributed by atoms with Gasteiger partial charge in [0.05, 0.1) is 11.5 Å². The van der Waals surface area contributed by atoms with Crippen molar-refractivity contribution in [3.8, 4) is 0 Å². The van der Waals surface area contributed by atoms with E-state index in [0.29, 0.717) is 5.56 Å². The molecule has 0 radical (unpaired) electrons. The normalized spacial score (nSPS) is 13.2. The molecule has 0 aliphatic carbocycles. The third-order valence-corrected chi connectivity index (χ3v) is 2.98. The lowest BCUT2D eigenvalue weighted by molar-refractivity contribution is -0.384. The number of benzene rings is 1. The lowest BCUT2D eigenvalue weighted by Crippen LogP contribution is -2.47. The van der Waals surface area contributed by atoms with Gasteiger partial charge >= 0.3 is 11.9 Å². The summed E-state index contributed by atoms with van der Waals surface area (Å²) in [5.74, 6) is -1.65. The number of aliphatic carboxylic acids is 1. The summed E-state index contributed by atoms with van der Waals surface area (Å²) in [7, 11) is 0. The fourth-order valence-electron chi connectivity index (χ4n) is 1.82. The Balaban J connectivity index is 2.84. The van der Waals surface area contributed by atoms with E-state index in [1.54, 1.807) is 6.92 Å². The number of nitro groups is 1. The molecule has 2 N–H and O–H groups in total. The van der Waals surface area contributed by atoms with Crippen molar-refractivity contribution in [2.75, 3.05) is 6.61 Å². The average molecular weight is 310 g/mol. The van der Waals surface area contributed by atoms with Gasteiger partial charge in [-0.25, -0.2) is 0 Å². The van der Waals surface area contributed by atoms with Gasteiger partial charge in [0, 0.05) is 12.1 Å². The molecule has 22 heavy (non-hydrogen) atoms. The number of esters is 1. The highest BCUT2D eigenvalue weighted by Gasteiger charge is 2.24. The van der Waals surface area contributed by atoms with Crippen LogP contribution in [0.4, 0.5) is 5.69 Å². The lowest BCUT2D eigenvalue weighted by Gasteiger charge is -2.19. The van der Waals surface area contributed by atoms with E-state index in [2.05, 4.69) is 5.32 Å². The summed E-state index contributed by atoms with van der Waals surface area (Å²) >= 11 is 0. The molecule has 120 valence electrons. The summed E-state index contributed by atoms with van der Waals surface area (Å²) in [5.41, 5.74) is 0.608. The van der Waals surface area contributed by atoms with Gasteiger partial charge in [0.15, 0.2) is 0 Å². The first-order valence-electron chi connectivity index (χ1n) is 6.74. The smallest absolute Gasteiger partial charge is 0.323 e. The molecular weight excluding hydrogens is 292 g/mol. The first kappa shape index (κ1) is 17.6. The molecule has 0 unspecified atom stereocenters. The number of hydrogen-bond donors (Lipinski definition) is 2. The summed E-state index contributed by atoms with van der Waals surface area (Å²) in [6, 6.07) is 3.95. The zero-order valence-electron chi connectivity index (χ0n) is 12.3. The number of carboxylic acid groups (broad SMARTS) is 1. The van der Waals surface area contributed by atoms with Crippen molar-refractivity contribution in [3.63, 3.8) is 0 Å². The van der Waals surface area contributed by atoms with E-state index in [1.807, 2.05) is 0 Å². The third-order valence-electron chi connectivity index (χ3n) is 2.98. The van der Waals surface area contributed by atoms with Gasteiger partial charge in [0.1, 0.15) is 12.1 Å². The summed E-state index contributed by atoms with van der Waals surface area (Å²) in [4.78, 5) is 32.9. The van der Waals surface area contributed by atoms with Crippen LogP contribution in [0, 0.1) is 10.1 Å². The molecule has 8 nitrogen and oxygen atoms in total. The minimum absolute atomic E-state index is 0.0525. The van der Waals surface area contributed by atoms with Crippen LogP contribution in [-0.2, 0) is 20.7 Å². The van der Waals surface area contributed by atoms with Crippen molar-refractivity contribution in [3.05, 3.63) is 39.9 Å². The maximum Gasteiger partial charge on any atom is 0.323 e. The third kappa shape index (κ3) is 5.13. The number of ether oxygens (including phenoxy) is 1. The van der Waals surface area contributed by atoms with E-state index in [0.717, 1.165) is 0 Å². The Kier molecular flexibility index (Phi) is 6.46. The molecule has 0 fully saturated rings. The molecule has 0 aliphatic rings. The fourth-order valence-corrected chi connectivity index (χ4v) is 1.82. The van der Waals surface area contributed by atoms with Crippen LogP contribution in [-0.4, -0.2) is 40.7 Å². The molecule has 0 saturated heterocycles. The van der Waals surface area contributed by atoms with Gasteiger partial charge in [-0.3, -0.25) is 25.0 Å². The van der Waals surface area contributed by atoms with Crippen LogP contribution < -0.4 is 5.32 Å². The van der Waals surface area contributed by atoms with Crippen LogP contribution in [0.15, 0.2) is 24.3 Å². The van der Waals surface area contributed by atoms with Crippen molar-refractivity contribution >= 4 is 17.6 Å². The van der Waals surface area contributed by atoms with Crippen LogP contribution in [0.1, 0.15) is 19.4 Å². The van der Waals surface area contributed by atoms with E-state index < -0.39 is 28.9 Å². The Morgan fingerprint density at radius 2 is 1.95 bits per heavy atom. The molecular formula is C14H18N2O6. The molecule has 0 aliphatic heterocycles. The number of non-ortho nitro benzene ring substituents is 1. The Hall–Kier alpha value is -2.48. The number of rotatable bonds is 8. The van der Waals surface area contributed by atoms with Crippen LogP contribution in [0.2, 0.25) is 0 Å². The van der Waals surface area contributed by atoms with Crippen molar-refractivity contribution in [2.24, 2.45) is 0 Å². The number of hydrogen-bond acceptors (Lipinski definition) is 6. The molecule has 0 bridgehead atoms. The molecule has 8 heteroatoms. The second-order valence-corrected chi connectivity index (χ2v) is 4.66. The highest BCUT2D eigenvalue weighted by atomic mass is 16.6. The Labute approximate surface area is 127 Å². The monoisotopic (exact) mass is 310 g/mol. The number of nitrogens with one attached hydrogen (secondary N) is 1. The van der Waals surface area contributed by atoms with Gasteiger partial charge in [-0.15, -0.1) is 0 Å². The summed E-state index contributed by atoms with van der Waals surface area (Å²) < 4.78 is 4.92. The molecule has 1 aromatic rings. The maximum atomic E-state index is 11.9. The van der Waals surface area contributed by atoms with Gasteiger partial charge in [0.2, 0.25) is 0 Å². The quantitative estimate of drug-likeness (QED) is 0.419. The molecule has 1 aromatic carbocycles. The van der Waals surface area contributed by atoms with E-state index in [1.165, 1.54) is 31.2 Å². The van der Waals surface area contributed by atoms with E-state index >= 15 is 0 Å². The highest BCUT2D eigenvalue weighted by molar-refractivity contribution is 5.78. The molecule has 2 atom stereocenters. The van der Waals surface area contributed by atoms with Crippen molar-refractivity contribution in [1.82, 2.24) is 5.32 Å². The van der Waals surface area contributed by atoms with Crippen molar-refractivity contribution < 1.29 is 24.4 Å². The number of nitrogens with zero attached hydrogens (tertiary/aromatic N) is 1. The van der Waals surface area contributed by atoms with Crippen LogP contribution in [0.5, 0.6) is 0 Å². The molecule has 1 rings (SSSR count). The SMILES string of the molecule is CCOC(=O)[C@H](Cc1ccc([N+](=O)[O-])cc1)N[C@@H](C)C(=O)O. The average Bonchev–Trinajstić information content (AvgIpc) is 2.47. The largest absolute Gasteiger partial charge is 0.480 e. The van der Waals surface area contributed by atoms with Crippen LogP contribution in [0.25, 0.3) is 0 Å².